The minimum absolute atomic E-state index is 0.411. The van der Waals surface area contributed by atoms with E-state index >= 15 is 0 Å². The Labute approximate surface area is 103 Å². The predicted molar refractivity (Wildman–Crippen MR) is 64.4 cm³/mol. The highest BCUT2D eigenvalue weighted by molar-refractivity contribution is 6.36. The maximum atomic E-state index is 8.66. The molecule has 0 aromatic heterocycles. The van der Waals surface area contributed by atoms with Crippen LogP contribution in [0.5, 0.6) is 0 Å². The predicted octanol–water partition coefficient (Wildman–Crippen LogP) is 3.94. The molecule has 5 heteroatoms. The number of halogens is 3. The van der Waals surface area contributed by atoms with Crippen molar-refractivity contribution >= 4 is 40.5 Å². The van der Waals surface area contributed by atoms with Gasteiger partial charge in [0.05, 0.1) is 17.1 Å². The monoisotopic (exact) mass is 260 g/mol. The van der Waals surface area contributed by atoms with E-state index in [4.69, 9.17) is 40.1 Å². The van der Waals surface area contributed by atoms with Crippen LogP contribution in [-0.4, -0.2) is 6.54 Å². The largest absolute Gasteiger partial charge is 0.380 e. The van der Waals surface area contributed by atoms with E-state index in [1.54, 1.807) is 18.2 Å². The van der Waals surface area contributed by atoms with Crippen molar-refractivity contribution < 1.29 is 0 Å². The van der Waals surface area contributed by atoms with Gasteiger partial charge < -0.3 is 5.32 Å². The zero-order valence-electron chi connectivity index (χ0n) is 7.60. The van der Waals surface area contributed by atoms with Crippen LogP contribution in [0.1, 0.15) is 5.56 Å². The fourth-order valence-electron chi connectivity index (χ4n) is 0.941. The lowest BCUT2D eigenvalue weighted by molar-refractivity contribution is 1.31. The molecule has 2 nitrogen and oxygen atoms in total. The number of nitriles is 1. The molecule has 0 heterocycles. The molecule has 0 aliphatic carbocycles. The average molecular weight is 262 g/mol. The number of nitrogens with zero attached hydrogens (tertiary/aromatic N) is 1. The molecule has 1 aromatic carbocycles. The van der Waals surface area contributed by atoms with Gasteiger partial charge in [-0.15, -0.1) is 0 Å². The molecule has 0 aliphatic heterocycles. The van der Waals surface area contributed by atoms with Crippen LogP contribution in [0.15, 0.2) is 28.8 Å². The van der Waals surface area contributed by atoms with E-state index in [0.717, 1.165) is 5.69 Å². The normalized spacial score (nSPS) is 10.9. The van der Waals surface area contributed by atoms with E-state index in [1.165, 1.54) is 5.54 Å². The highest BCUT2D eigenvalue weighted by atomic mass is 35.5. The second-order valence-electron chi connectivity index (χ2n) is 2.72. The molecule has 0 aliphatic rings. The van der Waals surface area contributed by atoms with E-state index in [1.807, 2.05) is 6.07 Å². The molecule has 0 saturated heterocycles. The van der Waals surface area contributed by atoms with E-state index in [2.05, 4.69) is 5.32 Å². The zero-order valence-corrected chi connectivity index (χ0v) is 9.87. The summed E-state index contributed by atoms with van der Waals surface area (Å²) >= 11 is 16.9. The molecule has 0 amide bonds. The molecule has 1 aromatic rings. The third kappa shape index (κ3) is 3.64. The summed E-state index contributed by atoms with van der Waals surface area (Å²) in [7, 11) is 0. The van der Waals surface area contributed by atoms with Gasteiger partial charge in [0.25, 0.3) is 0 Å². The first kappa shape index (κ1) is 12.2. The Morgan fingerprint density at radius 3 is 2.80 bits per heavy atom. The number of benzene rings is 1. The van der Waals surface area contributed by atoms with Gasteiger partial charge in [-0.2, -0.15) is 5.26 Å². The quantitative estimate of drug-likeness (QED) is 0.894. The molecule has 0 atom stereocenters. The Morgan fingerprint density at radius 1 is 1.53 bits per heavy atom. The minimum Gasteiger partial charge on any atom is -0.380 e. The molecule has 78 valence electrons. The van der Waals surface area contributed by atoms with Crippen molar-refractivity contribution in [3.05, 3.63) is 39.4 Å². The van der Waals surface area contributed by atoms with Crippen LogP contribution in [0.25, 0.3) is 0 Å². The van der Waals surface area contributed by atoms with Crippen LogP contribution in [-0.2, 0) is 0 Å². The molecular weight excluding hydrogens is 254 g/mol. The van der Waals surface area contributed by atoms with Crippen LogP contribution < -0.4 is 5.32 Å². The van der Waals surface area contributed by atoms with Crippen molar-refractivity contribution in [2.24, 2.45) is 0 Å². The minimum atomic E-state index is 0.411. The molecular formula is C10H7Cl3N2. The molecule has 0 fully saturated rings. The zero-order chi connectivity index (χ0) is 11.3. The van der Waals surface area contributed by atoms with Crippen LogP contribution in [0.4, 0.5) is 5.69 Å². The summed E-state index contributed by atoms with van der Waals surface area (Å²) in [5.41, 5.74) is 2.52. The maximum Gasteiger partial charge on any atom is 0.101 e. The Balaban J connectivity index is 2.73. The third-order valence-corrected chi connectivity index (χ3v) is 2.60. The van der Waals surface area contributed by atoms with Crippen molar-refractivity contribution in [1.82, 2.24) is 0 Å². The summed E-state index contributed by atoms with van der Waals surface area (Å²) in [6.07, 6.45) is 0. The summed E-state index contributed by atoms with van der Waals surface area (Å²) in [4.78, 5) is 0. The Morgan fingerprint density at radius 2 is 2.27 bits per heavy atom. The van der Waals surface area contributed by atoms with E-state index in [0.29, 0.717) is 22.2 Å². The first-order valence-corrected chi connectivity index (χ1v) is 5.25. The van der Waals surface area contributed by atoms with Gasteiger partial charge in [-0.25, -0.2) is 0 Å². The van der Waals surface area contributed by atoms with Crippen molar-refractivity contribution in [3.63, 3.8) is 0 Å². The Hall–Kier alpha value is -0.880. The summed E-state index contributed by atoms with van der Waals surface area (Å²) in [5.74, 6) is 0. The summed E-state index contributed by atoms with van der Waals surface area (Å²) in [6, 6.07) is 7.04. The van der Waals surface area contributed by atoms with E-state index in [9.17, 15) is 0 Å². The lowest BCUT2D eigenvalue weighted by atomic mass is 10.2. The Kier molecular flexibility index (Phi) is 4.77. The van der Waals surface area contributed by atoms with Gasteiger partial charge in [-0.3, -0.25) is 0 Å². The second-order valence-corrected chi connectivity index (χ2v) is 3.83. The molecule has 0 unspecified atom stereocenters. The van der Waals surface area contributed by atoms with Crippen molar-refractivity contribution in [2.75, 3.05) is 11.9 Å². The lowest BCUT2D eigenvalue weighted by Crippen LogP contribution is -2.01. The van der Waals surface area contributed by atoms with Gasteiger partial charge in [0.2, 0.25) is 0 Å². The molecule has 0 spiro atoms. The number of anilines is 1. The first-order valence-electron chi connectivity index (χ1n) is 4.05. The summed E-state index contributed by atoms with van der Waals surface area (Å²) in [6.45, 7) is 0.424. The van der Waals surface area contributed by atoms with Crippen molar-refractivity contribution in [3.8, 4) is 6.07 Å². The molecule has 0 radical (unpaired) electrons. The van der Waals surface area contributed by atoms with Crippen LogP contribution >= 0.6 is 34.8 Å². The highest BCUT2D eigenvalue weighted by Gasteiger charge is 2.00. The smallest absolute Gasteiger partial charge is 0.101 e. The van der Waals surface area contributed by atoms with Gasteiger partial charge >= 0.3 is 0 Å². The van der Waals surface area contributed by atoms with E-state index < -0.39 is 0 Å². The van der Waals surface area contributed by atoms with Gasteiger partial charge in [-0.1, -0.05) is 34.8 Å². The highest BCUT2D eigenvalue weighted by Crippen LogP contribution is 2.20. The van der Waals surface area contributed by atoms with Gasteiger partial charge in [-0.05, 0) is 18.2 Å². The fraction of sp³-hybridized carbons (Fsp3) is 0.100. The van der Waals surface area contributed by atoms with Crippen LogP contribution in [0.3, 0.4) is 0 Å². The SMILES string of the molecule is N#Cc1ccc(NCC(Cl)=CCl)cc1Cl. The van der Waals surface area contributed by atoms with Gasteiger partial charge in [0.15, 0.2) is 0 Å². The number of hydrogen-bond acceptors (Lipinski definition) is 2. The van der Waals surface area contributed by atoms with Gasteiger partial charge in [0, 0.05) is 16.3 Å². The van der Waals surface area contributed by atoms with Crippen molar-refractivity contribution in [1.29, 1.82) is 5.26 Å². The van der Waals surface area contributed by atoms with Gasteiger partial charge in [0.1, 0.15) is 6.07 Å². The molecule has 1 rings (SSSR count). The topological polar surface area (TPSA) is 35.8 Å². The van der Waals surface area contributed by atoms with Crippen molar-refractivity contribution in [2.45, 2.75) is 0 Å². The number of hydrogen-bond donors (Lipinski definition) is 1. The van der Waals surface area contributed by atoms with Crippen LogP contribution in [0, 0.1) is 11.3 Å². The number of nitrogens with one attached hydrogen (secondary N) is 1. The third-order valence-electron chi connectivity index (χ3n) is 1.67. The average Bonchev–Trinajstić information content (AvgIpc) is 2.26. The molecule has 0 bridgehead atoms. The maximum absolute atomic E-state index is 8.66. The first-order chi connectivity index (χ1) is 7.17. The van der Waals surface area contributed by atoms with Crippen LogP contribution in [0.2, 0.25) is 5.02 Å². The number of rotatable bonds is 3. The summed E-state index contributed by atoms with van der Waals surface area (Å²) < 4.78 is 0. The fourth-order valence-corrected chi connectivity index (χ4v) is 1.31. The molecule has 15 heavy (non-hydrogen) atoms. The molecule has 0 saturated carbocycles. The van der Waals surface area contributed by atoms with E-state index in [-0.39, 0.29) is 0 Å². The standard InChI is InChI=1S/C10H7Cl3N2/c11-4-8(12)6-15-9-2-1-7(5-14)10(13)3-9/h1-4,15H,6H2. The second kappa shape index (κ2) is 5.87. The Bertz CT molecular complexity index is 421. The summed E-state index contributed by atoms with van der Waals surface area (Å²) in [5, 5.41) is 12.6. The lowest BCUT2D eigenvalue weighted by Gasteiger charge is -2.05. The molecule has 1 N–H and O–H groups in total.